The monoisotopic (exact) mass is 456 g/mol. The number of hydrogen-bond donors (Lipinski definition) is 2. The Morgan fingerprint density at radius 3 is 2.26 bits per heavy atom. The standard InChI is InChI=1S/C27H24N2O5/c1-16-15-19(9-14-22(16)34-3)25(31)23-24(18-7-5-4-6-8-18)29(27(33)26(23)32)21-12-10-20(11-13-21)28-17(2)30/h4-15,24,31H,1-3H3,(H,28,30)/b25-23-. The Labute approximate surface area is 197 Å². The lowest BCUT2D eigenvalue weighted by Crippen LogP contribution is -2.29. The summed E-state index contributed by atoms with van der Waals surface area (Å²) in [5.41, 5.74) is 2.92. The van der Waals surface area contributed by atoms with E-state index >= 15 is 0 Å². The first-order chi connectivity index (χ1) is 16.3. The van der Waals surface area contributed by atoms with Crippen LogP contribution in [-0.2, 0) is 14.4 Å². The largest absolute Gasteiger partial charge is 0.507 e. The molecule has 1 unspecified atom stereocenters. The molecule has 1 aliphatic rings. The van der Waals surface area contributed by atoms with Crippen LogP contribution >= 0.6 is 0 Å². The third-order valence-corrected chi connectivity index (χ3v) is 5.69. The van der Waals surface area contributed by atoms with E-state index in [2.05, 4.69) is 5.32 Å². The molecule has 7 nitrogen and oxygen atoms in total. The van der Waals surface area contributed by atoms with Gasteiger partial charge < -0.3 is 15.2 Å². The van der Waals surface area contributed by atoms with Crippen molar-refractivity contribution in [3.05, 3.63) is 95.1 Å². The fourth-order valence-electron chi connectivity index (χ4n) is 4.14. The molecular weight excluding hydrogens is 432 g/mol. The quantitative estimate of drug-likeness (QED) is 0.333. The summed E-state index contributed by atoms with van der Waals surface area (Å²) >= 11 is 0. The van der Waals surface area contributed by atoms with Gasteiger partial charge in [0.2, 0.25) is 5.91 Å². The van der Waals surface area contributed by atoms with Crippen LogP contribution in [0.3, 0.4) is 0 Å². The van der Waals surface area contributed by atoms with Crippen molar-refractivity contribution in [3.63, 3.8) is 0 Å². The van der Waals surface area contributed by atoms with Crippen molar-refractivity contribution < 1.29 is 24.2 Å². The summed E-state index contributed by atoms with van der Waals surface area (Å²) in [6, 6.07) is 20.0. The van der Waals surface area contributed by atoms with Crippen LogP contribution < -0.4 is 15.0 Å². The second kappa shape index (κ2) is 9.23. The van der Waals surface area contributed by atoms with E-state index in [0.717, 1.165) is 5.56 Å². The minimum Gasteiger partial charge on any atom is -0.507 e. The maximum absolute atomic E-state index is 13.2. The second-order valence-electron chi connectivity index (χ2n) is 7.99. The van der Waals surface area contributed by atoms with Crippen molar-refractivity contribution in [2.45, 2.75) is 19.9 Å². The maximum Gasteiger partial charge on any atom is 0.300 e. The SMILES string of the molecule is COc1ccc(/C(O)=C2/C(=O)C(=O)N(c3ccc(NC(C)=O)cc3)C2c2ccccc2)cc1C. The third kappa shape index (κ3) is 4.15. The van der Waals surface area contributed by atoms with Gasteiger partial charge in [0.25, 0.3) is 11.7 Å². The Bertz CT molecular complexity index is 1300. The Balaban J connectivity index is 1.86. The number of aryl methyl sites for hydroxylation is 1. The molecule has 34 heavy (non-hydrogen) atoms. The van der Waals surface area contributed by atoms with Gasteiger partial charge in [-0.15, -0.1) is 0 Å². The summed E-state index contributed by atoms with van der Waals surface area (Å²) in [5.74, 6) is -1.34. The Morgan fingerprint density at radius 1 is 1.00 bits per heavy atom. The van der Waals surface area contributed by atoms with E-state index < -0.39 is 17.7 Å². The number of carbonyl (C=O) groups excluding carboxylic acids is 3. The van der Waals surface area contributed by atoms with Crippen LogP contribution in [0.4, 0.5) is 11.4 Å². The number of ether oxygens (including phenoxy) is 1. The van der Waals surface area contributed by atoms with E-state index in [4.69, 9.17) is 4.74 Å². The minimum atomic E-state index is -0.824. The average molecular weight is 456 g/mol. The predicted octanol–water partition coefficient (Wildman–Crippen LogP) is 4.59. The highest BCUT2D eigenvalue weighted by Gasteiger charge is 2.46. The van der Waals surface area contributed by atoms with Gasteiger partial charge in [-0.25, -0.2) is 0 Å². The van der Waals surface area contributed by atoms with E-state index in [-0.39, 0.29) is 17.2 Å². The van der Waals surface area contributed by atoms with Crippen LogP contribution in [0.2, 0.25) is 0 Å². The molecule has 1 aliphatic heterocycles. The van der Waals surface area contributed by atoms with Crippen LogP contribution in [0.15, 0.2) is 78.4 Å². The highest BCUT2D eigenvalue weighted by Crippen LogP contribution is 2.42. The van der Waals surface area contributed by atoms with Gasteiger partial charge in [0.15, 0.2) is 0 Å². The lowest BCUT2D eigenvalue weighted by Gasteiger charge is -2.25. The molecule has 1 heterocycles. The number of aliphatic hydroxyl groups excluding tert-OH is 1. The summed E-state index contributed by atoms with van der Waals surface area (Å²) in [7, 11) is 1.56. The van der Waals surface area contributed by atoms with Gasteiger partial charge >= 0.3 is 0 Å². The normalized spacial score (nSPS) is 17.0. The molecule has 0 saturated carbocycles. The minimum absolute atomic E-state index is 0.00621. The molecule has 2 amide bonds. The van der Waals surface area contributed by atoms with Gasteiger partial charge in [-0.1, -0.05) is 30.3 Å². The Morgan fingerprint density at radius 2 is 1.68 bits per heavy atom. The lowest BCUT2D eigenvalue weighted by atomic mass is 9.94. The zero-order chi connectivity index (χ0) is 24.4. The van der Waals surface area contributed by atoms with Gasteiger partial charge in [0.1, 0.15) is 11.5 Å². The van der Waals surface area contributed by atoms with E-state index in [1.54, 1.807) is 49.6 Å². The molecular formula is C27H24N2O5. The number of Topliss-reactive ketones (excluding diaryl/α,β-unsaturated/α-hetero) is 1. The number of nitrogens with one attached hydrogen (secondary N) is 1. The highest BCUT2D eigenvalue weighted by atomic mass is 16.5. The van der Waals surface area contributed by atoms with Gasteiger partial charge in [-0.2, -0.15) is 0 Å². The van der Waals surface area contributed by atoms with Crippen LogP contribution in [0.25, 0.3) is 5.76 Å². The molecule has 0 radical (unpaired) electrons. The van der Waals surface area contributed by atoms with E-state index in [9.17, 15) is 19.5 Å². The van der Waals surface area contributed by atoms with Crippen LogP contribution in [0.1, 0.15) is 29.7 Å². The molecule has 0 aliphatic carbocycles. The van der Waals surface area contributed by atoms with Gasteiger partial charge in [-0.05, 0) is 60.5 Å². The molecule has 0 bridgehead atoms. The molecule has 3 aromatic rings. The molecule has 1 fully saturated rings. The van der Waals surface area contributed by atoms with Gasteiger partial charge in [0.05, 0.1) is 18.7 Å². The predicted molar refractivity (Wildman–Crippen MR) is 130 cm³/mol. The number of aliphatic hydroxyl groups is 1. The third-order valence-electron chi connectivity index (χ3n) is 5.69. The van der Waals surface area contributed by atoms with Crippen molar-refractivity contribution in [2.24, 2.45) is 0 Å². The summed E-state index contributed by atoms with van der Waals surface area (Å²) in [6.45, 7) is 3.24. The first kappa shape index (κ1) is 22.8. The summed E-state index contributed by atoms with van der Waals surface area (Å²) < 4.78 is 5.29. The molecule has 172 valence electrons. The average Bonchev–Trinajstić information content (AvgIpc) is 3.09. The van der Waals surface area contributed by atoms with Gasteiger partial charge in [-0.3, -0.25) is 19.3 Å². The highest BCUT2D eigenvalue weighted by molar-refractivity contribution is 6.51. The van der Waals surface area contributed by atoms with Crippen LogP contribution in [-0.4, -0.2) is 29.8 Å². The molecule has 7 heteroatoms. The number of rotatable bonds is 5. The Kier molecular flexibility index (Phi) is 6.19. The van der Waals surface area contributed by atoms with Crippen molar-refractivity contribution in [2.75, 3.05) is 17.3 Å². The van der Waals surface area contributed by atoms with Crippen molar-refractivity contribution in [1.29, 1.82) is 0 Å². The first-order valence-electron chi connectivity index (χ1n) is 10.7. The van der Waals surface area contributed by atoms with Gasteiger partial charge in [0, 0.05) is 23.9 Å². The zero-order valence-corrected chi connectivity index (χ0v) is 19.0. The molecule has 1 atom stereocenters. The number of anilines is 2. The van der Waals surface area contributed by atoms with E-state index in [1.807, 2.05) is 37.3 Å². The fraction of sp³-hybridized carbons (Fsp3) is 0.148. The number of hydrogen-bond acceptors (Lipinski definition) is 5. The van der Waals surface area contributed by atoms with E-state index in [0.29, 0.717) is 28.3 Å². The number of methoxy groups -OCH3 is 1. The molecule has 0 aromatic heterocycles. The molecule has 3 aromatic carbocycles. The number of amides is 2. The number of benzene rings is 3. The van der Waals surface area contributed by atoms with Crippen LogP contribution in [0.5, 0.6) is 5.75 Å². The number of nitrogens with zero attached hydrogens (tertiary/aromatic N) is 1. The van der Waals surface area contributed by atoms with Crippen molar-refractivity contribution in [3.8, 4) is 5.75 Å². The molecule has 0 spiro atoms. The molecule has 4 rings (SSSR count). The summed E-state index contributed by atoms with van der Waals surface area (Å²) in [6.07, 6.45) is 0. The maximum atomic E-state index is 13.2. The van der Waals surface area contributed by atoms with Crippen molar-refractivity contribution >= 4 is 34.7 Å². The topological polar surface area (TPSA) is 95.9 Å². The zero-order valence-electron chi connectivity index (χ0n) is 19.0. The summed E-state index contributed by atoms with van der Waals surface area (Å²) in [4.78, 5) is 39.1. The lowest BCUT2D eigenvalue weighted by molar-refractivity contribution is -0.132. The van der Waals surface area contributed by atoms with E-state index in [1.165, 1.54) is 11.8 Å². The number of carbonyl (C=O) groups is 3. The Hall–Kier alpha value is -4.39. The summed E-state index contributed by atoms with van der Waals surface area (Å²) in [5, 5.41) is 13.9. The van der Waals surface area contributed by atoms with Crippen LogP contribution in [0, 0.1) is 6.92 Å². The first-order valence-corrected chi connectivity index (χ1v) is 10.7. The molecule has 1 saturated heterocycles. The smallest absolute Gasteiger partial charge is 0.300 e. The second-order valence-corrected chi connectivity index (χ2v) is 7.99. The molecule has 2 N–H and O–H groups in total. The van der Waals surface area contributed by atoms with Crippen molar-refractivity contribution in [1.82, 2.24) is 0 Å². The fourth-order valence-corrected chi connectivity index (χ4v) is 4.14. The number of ketones is 1.